The zero-order chi connectivity index (χ0) is 13.7. The number of nitrogens with zero attached hydrogens (tertiary/aromatic N) is 2. The first kappa shape index (κ1) is 13.3. The van der Waals surface area contributed by atoms with Crippen molar-refractivity contribution in [2.45, 2.75) is 6.54 Å². The van der Waals surface area contributed by atoms with Gasteiger partial charge in [-0.3, -0.25) is 4.99 Å². The van der Waals surface area contributed by atoms with Crippen LogP contribution in [0.1, 0.15) is 16.7 Å². The summed E-state index contributed by atoms with van der Waals surface area (Å²) in [6, 6.07) is 14.5. The van der Waals surface area contributed by atoms with Gasteiger partial charge in [-0.2, -0.15) is 5.26 Å². The number of rotatable bonds is 3. The molecule has 0 bridgehead atoms. The van der Waals surface area contributed by atoms with Crippen LogP contribution in [0.5, 0.6) is 5.75 Å². The van der Waals surface area contributed by atoms with E-state index < -0.39 is 0 Å². The standard InChI is InChI=1S/C15H11BrN2O/c16-14-5-6-15(19)13(7-14)10-18-9-12-3-1-11(8-17)2-4-12/h1-7,10,19H,9H2. The number of hydrogen-bond donors (Lipinski definition) is 1. The van der Waals surface area contributed by atoms with Crippen molar-refractivity contribution in [1.82, 2.24) is 0 Å². The Morgan fingerprint density at radius 3 is 2.63 bits per heavy atom. The lowest BCUT2D eigenvalue weighted by Gasteiger charge is -2.00. The molecule has 19 heavy (non-hydrogen) atoms. The normalized spacial score (nSPS) is 10.5. The van der Waals surface area contributed by atoms with Gasteiger partial charge in [-0.25, -0.2) is 0 Å². The summed E-state index contributed by atoms with van der Waals surface area (Å²) in [4.78, 5) is 4.28. The van der Waals surface area contributed by atoms with Crippen molar-refractivity contribution in [1.29, 1.82) is 5.26 Å². The number of aliphatic imine (C=N–C) groups is 1. The van der Waals surface area contributed by atoms with E-state index in [1.807, 2.05) is 12.1 Å². The Bertz CT molecular complexity index is 642. The number of benzene rings is 2. The highest BCUT2D eigenvalue weighted by Crippen LogP contribution is 2.20. The van der Waals surface area contributed by atoms with Gasteiger partial charge in [-0.15, -0.1) is 0 Å². The molecule has 0 spiro atoms. The second-order valence-electron chi connectivity index (χ2n) is 3.98. The molecule has 0 aromatic heterocycles. The van der Waals surface area contributed by atoms with Gasteiger partial charge in [0.25, 0.3) is 0 Å². The summed E-state index contributed by atoms with van der Waals surface area (Å²) in [5, 5.41) is 18.4. The van der Waals surface area contributed by atoms with Crippen LogP contribution in [0, 0.1) is 11.3 Å². The zero-order valence-electron chi connectivity index (χ0n) is 10.0. The molecule has 0 radical (unpaired) electrons. The summed E-state index contributed by atoms with van der Waals surface area (Å²) in [7, 11) is 0. The van der Waals surface area contributed by atoms with Crippen LogP contribution in [0.2, 0.25) is 0 Å². The van der Waals surface area contributed by atoms with Crippen LogP contribution in [-0.4, -0.2) is 11.3 Å². The molecule has 0 heterocycles. The first-order valence-corrected chi connectivity index (χ1v) is 6.46. The fourth-order valence-electron chi connectivity index (χ4n) is 1.56. The average molecular weight is 315 g/mol. The summed E-state index contributed by atoms with van der Waals surface area (Å²) >= 11 is 3.35. The predicted molar refractivity (Wildman–Crippen MR) is 78.3 cm³/mol. The number of nitriles is 1. The third kappa shape index (κ3) is 3.67. The molecular weight excluding hydrogens is 304 g/mol. The molecule has 2 rings (SSSR count). The van der Waals surface area contributed by atoms with E-state index in [4.69, 9.17) is 5.26 Å². The molecule has 2 aromatic rings. The molecule has 0 saturated heterocycles. The first-order valence-electron chi connectivity index (χ1n) is 5.66. The second kappa shape index (κ2) is 6.17. The van der Waals surface area contributed by atoms with Crippen LogP contribution in [-0.2, 0) is 6.54 Å². The number of aromatic hydroxyl groups is 1. The van der Waals surface area contributed by atoms with Crippen LogP contribution in [0.25, 0.3) is 0 Å². The highest BCUT2D eigenvalue weighted by molar-refractivity contribution is 9.10. The van der Waals surface area contributed by atoms with Crippen molar-refractivity contribution < 1.29 is 5.11 Å². The highest BCUT2D eigenvalue weighted by atomic mass is 79.9. The molecule has 2 aromatic carbocycles. The van der Waals surface area contributed by atoms with E-state index in [0.29, 0.717) is 17.7 Å². The summed E-state index contributed by atoms with van der Waals surface area (Å²) in [6.07, 6.45) is 1.64. The van der Waals surface area contributed by atoms with Gasteiger partial charge in [0, 0.05) is 16.3 Å². The number of hydrogen-bond acceptors (Lipinski definition) is 3. The lowest BCUT2D eigenvalue weighted by Crippen LogP contribution is -1.86. The molecule has 1 N–H and O–H groups in total. The molecule has 0 amide bonds. The van der Waals surface area contributed by atoms with Gasteiger partial charge in [-0.1, -0.05) is 28.1 Å². The second-order valence-corrected chi connectivity index (χ2v) is 4.90. The topological polar surface area (TPSA) is 56.4 Å². The molecule has 0 saturated carbocycles. The SMILES string of the molecule is N#Cc1ccc(CN=Cc2cc(Br)ccc2O)cc1. The molecule has 3 nitrogen and oxygen atoms in total. The van der Waals surface area contributed by atoms with E-state index in [1.165, 1.54) is 0 Å². The quantitative estimate of drug-likeness (QED) is 0.879. The third-order valence-electron chi connectivity index (χ3n) is 2.58. The van der Waals surface area contributed by atoms with Crippen molar-refractivity contribution in [3.8, 4) is 11.8 Å². The predicted octanol–water partition coefficient (Wildman–Crippen LogP) is 3.65. The summed E-state index contributed by atoms with van der Waals surface area (Å²) in [5.74, 6) is 0.201. The Morgan fingerprint density at radius 2 is 1.95 bits per heavy atom. The minimum Gasteiger partial charge on any atom is -0.507 e. The van der Waals surface area contributed by atoms with Gasteiger partial charge in [0.15, 0.2) is 0 Å². The van der Waals surface area contributed by atoms with Crippen LogP contribution in [0.3, 0.4) is 0 Å². The molecule has 0 fully saturated rings. The van der Waals surface area contributed by atoms with Crippen molar-refractivity contribution in [2.24, 2.45) is 4.99 Å². The molecule has 0 aliphatic rings. The lowest BCUT2D eigenvalue weighted by atomic mass is 10.1. The Kier molecular flexibility index (Phi) is 4.32. The molecule has 0 unspecified atom stereocenters. The Morgan fingerprint density at radius 1 is 1.21 bits per heavy atom. The van der Waals surface area contributed by atoms with Crippen LogP contribution >= 0.6 is 15.9 Å². The van der Waals surface area contributed by atoms with E-state index in [9.17, 15) is 5.11 Å². The summed E-state index contributed by atoms with van der Waals surface area (Å²) in [5.41, 5.74) is 2.32. The van der Waals surface area contributed by atoms with Crippen molar-refractivity contribution in [3.63, 3.8) is 0 Å². The molecular formula is C15H11BrN2O. The zero-order valence-corrected chi connectivity index (χ0v) is 11.6. The largest absolute Gasteiger partial charge is 0.507 e. The smallest absolute Gasteiger partial charge is 0.124 e. The summed E-state index contributed by atoms with van der Waals surface area (Å²) < 4.78 is 0.894. The van der Waals surface area contributed by atoms with Crippen molar-refractivity contribution in [2.75, 3.05) is 0 Å². The maximum absolute atomic E-state index is 9.65. The molecule has 0 aliphatic carbocycles. The maximum atomic E-state index is 9.65. The Labute approximate surface area is 120 Å². The van der Waals surface area contributed by atoms with E-state index in [0.717, 1.165) is 10.0 Å². The molecule has 0 atom stereocenters. The van der Waals surface area contributed by atoms with E-state index in [-0.39, 0.29) is 5.75 Å². The average Bonchev–Trinajstić information content (AvgIpc) is 2.43. The van der Waals surface area contributed by atoms with E-state index >= 15 is 0 Å². The van der Waals surface area contributed by atoms with Gasteiger partial charge >= 0.3 is 0 Å². The van der Waals surface area contributed by atoms with Crippen LogP contribution < -0.4 is 0 Å². The Balaban J connectivity index is 2.07. The van der Waals surface area contributed by atoms with Crippen molar-refractivity contribution >= 4 is 22.1 Å². The Hall–Kier alpha value is -2.12. The van der Waals surface area contributed by atoms with Gasteiger partial charge in [-0.05, 0) is 35.9 Å². The van der Waals surface area contributed by atoms with Crippen LogP contribution in [0.4, 0.5) is 0 Å². The number of phenols is 1. The molecule has 94 valence electrons. The van der Waals surface area contributed by atoms with Crippen molar-refractivity contribution in [3.05, 3.63) is 63.6 Å². The van der Waals surface area contributed by atoms with Gasteiger partial charge < -0.3 is 5.11 Å². The van der Waals surface area contributed by atoms with E-state index in [2.05, 4.69) is 27.0 Å². The minimum absolute atomic E-state index is 0.201. The molecule has 0 aliphatic heterocycles. The fraction of sp³-hybridized carbons (Fsp3) is 0.0667. The fourth-order valence-corrected chi connectivity index (χ4v) is 1.94. The van der Waals surface area contributed by atoms with E-state index in [1.54, 1.807) is 36.5 Å². The monoisotopic (exact) mass is 314 g/mol. The van der Waals surface area contributed by atoms with Crippen LogP contribution in [0.15, 0.2) is 51.9 Å². The van der Waals surface area contributed by atoms with Gasteiger partial charge in [0.1, 0.15) is 5.75 Å². The van der Waals surface area contributed by atoms with Gasteiger partial charge in [0.2, 0.25) is 0 Å². The molecule has 4 heteroatoms. The number of halogens is 1. The maximum Gasteiger partial charge on any atom is 0.124 e. The highest BCUT2D eigenvalue weighted by Gasteiger charge is 1.98. The lowest BCUT2D eigenvalue weighted by molar-refractivity contribution is 0.474. The summed E-state index contributed by atoms with van der Waals surface area (Å²) in [6.45, 7) is 0.512. The third-order valence-corrected chi connectivity index (χ3v) is 3.07. The van der Waals surface area contributed by atoms with Gasteiger partial charge in [0.05, 0.1) is 18.2 Å². The first-order chi connectivity index (χ1) is 9.19. The minimum atomic E-state index is 0.201. The number of phenolic OH excluding ortho intramolecular Hbond substituents is 1.